The molecule has 2 unspecified atom stereocenters. The maximum absolute atomic E-state index is 14.8. The van der Waals surface area contributed by atoms with Crippen molar-refractivity contribution in [2.75, 3.05) is 5.32 Å². The molecule has 2 atom stereocenters. The second kappa shape index (κ2) is 8.38. The lowest BCUT2D eigenvalue weighted by atomic mass is 10.0. The number of halogens is 1. The third kappa shape index (κ3) is 4.46. The molecule has 0 spiro atoms. The van der Waals surface area contributed by atoms with Gasteiger partial charge in [0.15, 0.2) is 21.5 Å². The second-order valence-corrected chi connectivity index (χ2v) is 11.2. The SMILES string of the molecule is O=C(NC1CCCC1)OC1CCC(c2cc(Nc3ccc4c(c3F)CS(=O)(=O)C4)n[nH]2)C1. The van der Waals surface area contributed by atoms with E-state index in [0.717, 1.165) is 44.2 Å². The van der Waals surface area contributed by atoms with Crippen molar-refractivity contribution in [2.45, 2.75) is 74.5 Å². The topological polar surface area (TPSA) is 113 Å². The minimum Gasteiger partial charge on any atom is -0.446 e. The molecule has 0 bridgehead atoms. The molecule has 0 radical (unpaired) electrons. The van der Waals surface area contributed by atoms with Gasteiger partial charge in [-0.05, 0) is 43.7 Å². The molecule has 32 heavy (non-hydrogen) atoms. The van der Waals surface area contributed by atoms with Gasteiger partial charge in [0.25, 0.3) is 0 Å². The van der Waals surface area contributed by atoms with Gasteiger partial charge >= 0.3 is 6.09 Å². The van der Waals surface area contributed by atoms with E-state index in [2.05, 4.69) is 20.8 Å². The van der Waals surface area contributed by atoms with Crippen molar-refractivity contribution >= 4 is 27.4 Å². The standard InChI is InChI=1S/C22H27FN4O4S/c23-21-17-12-32(29,30)11-14(17)6-8-18(21)25-20-10-19(26-27-20)13-5-7-16(9-13)31-22(28)24-15-3-1-2-4-15/h6,8,10,13,15-16H,1-5,7,9,11-12H2,(H,24,28)(H2,25,26,27). The highest BCUT2D eigenvalue weighted by Gasteiger charge is 2.31. The Morgan fingerprint density at radius 2 is 1.97 bits per heavy atom. The Hall–Kier alpha value is -2.62. The summed E-state index contributed by atoms with van der Waals surface area (Å²) in [6, 6.07) is 5.26. The fraction of sp³-hybridized carbons (Fsp3) is 0.545. The number of nitrogens with zero attached hydrogens (tertiary/aromatic N) is 1. The van der Waals surface area contributed by atoms with Gasteiger partial charge in [-0.15, -0.1) is 0 Å². The van der Waals surface area contributed by atoms with Crippen LogP contribution in [0.1, 0.15) is 67.7 Å². The van der Waals surface area contributed by atoms with Gasteiger partial charge in [0.1, 0.15) is 6.10 Å². The van der Waals surface area contributed by atoms with Crippen LogP contribution in [0.25, 0.3) is 0 Å². The van der Waals surface area contributed by atoms with Crippen LogP contribution in [0, 0.1) is 5.82 Å². The zero-order chi connectivity index (χ0) is 22.3. The molecule has 2 aliphatic carbocycles. The number of amides is 1. The Kier molecular flexibility index (Phi) is 5.56. The van der Waals surface area contributed by atoms with Crippen LogP contribution >= 0.6 is 0 Å². The van der Waals surface area contributed by atoms with Gasteiger partial charge in [0.05, 0.1) is 17.2 Å². The number of sulfone groups is 1. The number of nitrogens with one attached hydrogen (secondary N) is 3. The van der Waals surface area contributed by atoms with Crippen molar-refractivity contribution in [1.29, 1.82) is 0 Å². The number of benzene rings is 1. The first-order chi connectivity index (χ1) is 15.4. The van der Waals surface area contributed by atoms with Gasteiger partial charge in [0.2, 0.25) is 0 Å². The summed E-state index contributed by atoms with van der Waals surface area (Å²) in [5.41, 5.74) is 1.86. The van der Waals surface area contributed by atoms with Crippen LogP contribution in [0.3, 0.4) is 0 Å². The third-order valence-electron chi connectivity index (χ3n) is 6.72. The summed E-state index contributed by atoms with van der Waals surface area (Å²) in [4.78, 5) is 12.1. The molecule has 1 aromatic heterocycles. The molecule has 5 rings (SSSR count). The van der Waals surface area contributed by atoms with Crippen LogP contribution in [0.5, 0.6) is 0 Å². The normalized spacial score (nSPS) is 24.4. The number of H-pyrrole nitrogens is 1. The van der Waals surface area contributed by atoms with E-state index >= 15 is 0 Å². The fourth-order valence-corrected chi connectivity index (χ4v) is 6.65. The fourth-order valence-electron chi connectivity index (χ4n) is 5.06. The molecule has 1 amide bonds. The molecule has 2 heterocycles. The minimum atomic E-state index is -3.28. The summed E-state index contributed by atoms with van der Waals surface area (Å²) >= 11 is 0. The maximum atomic E-state index is 14.8. The first-order valence-corrected chi connectivity index (χ1v) is 13.0. The highest BCUT2D eigenvalue weighted by molar-refractivity contribution is 7.90. The lowest BCUT2D eigenvalue weighted by Crippen LogP contribution is -2.35. The van der Waals surface area contributed by atoms with Crippen LogP contribution in [0.15, 0.2) is 18.2 Å². The highest BCUT2D eigenvalue weighted by atomic mass is 32.2. The third-order valence-corrected chi connectivity index (χ3v) is 8.19. The van der Waals surface area contributed by atoms with Crippen molar-refractivity contribution in [3.8, 4) is 0 Å². The average Bonchev–Trinajstić information content (AvgIpc) is 3.51. The molecule has 2 aromatic rings. The number of hydrogen-bond acceptors (Lipinski definition) is 6. The average molecular weight is 463 g/mol. The highest BCUT2D eigenvalue weighted by Crippen LogP contribution is 2.37. The largest absolute Gasteiger partial charge is 0.446 e. The Morgan fingerprint density at radius 3 is 2.78 bits per heavy atom. The molecule has 172 valence electrons. The number of fused-ring (bicyclic) bond motifs is 1. The Labute approximate surface area is 186 Å². The first-order valence-electron chi connectivity index (χ1n) is 11.2. The van der Waals surface area contributed by atoms with Crippen LogP contribution < -0.4 is 10.6 Å². The van der Waals surface area contributed by atoms with Gasteiger partial charge in [-0.3, -0.25) is 5.10 Å². The summed E-state index contributed by atoms with van der Waals surface area (Å²) < 4.78 is 44.0. The molecule has 10 heteroatoms. The van der Waals surface area contributed by atoms with Crippen molar-refractivity contribution in [1.82, 2.24) is 15.5 Å². The van der Waals surface area contributed by atoms with Crippen molar-refractivity contribution in [2.24, 2.45) is 0 Å². The van der Waals surface area contributed by atoms with Crippen molar-refractivity contribution in [3.05, 3.63) is 40.8 Å². The van der Waals surface area contributed by atoms with E-state index in [-0.39, 0.29) is 46.9 Å². The van der Waals surface area contributed by atoms with Gasteiger partial charge in [-0.2, -0.15) is 5.10 Å². The predicted octanol–water partition coefficient (Wildman–Crippen LogP) is 4.03. The monoisotopic (exact) mass is 462 g/mol. The first kappa shape index (κ1) is 21.2. The van der Waals surface area contributed by atoms with E-state index in [4.69, 9.17) is 4.74 Å². The smallest absolute Gasteiger partial charge is 0.407 e. The van der Waals surface area contributed by atoms with E-state index < -0.39 is 15.7 Å². The number of carbonyl (C=O) groups excluding carboxylic acids is 1. The Morgan fingerprint density at radius 1 is 1.16 bits per heavy atom. The number of aromatic amines is 1. The summed E-state index contributed by atoms with van der Waals surface area (Å²) in [5, 5.41) is 13.1. The molecular weight excluding hydrogens is 435 g/mol. The molecule has 1 aromatic carbocycles. The van der Waals surface area contributed by atoms with Gasteiger partial charge in [-0.1, -0.05) is 18.9 Å². The molecule has 3 aliphatic rings. The molecular formula is C22H27FN4O4S. The number of rotatable bonds is 5. The zero-order valence-electron chi connectivity index (χ0n) is 17.7. The van der Waals surface area contributed by atoms with Crippen LogP contribution in [0.4, 0.5) is 20.7 Å². The lowest BCUT2D eigenvalue weighted by molar-refractivity contribution is 0.0971. The second-order valence-electron chi connectivity index (χ2n) is 9.09. The van der Waals surface area contributed by atoms with Crippen LogP contribution in [-0.4, -0.2) is 36.9 Å². The van der Waals surface area contributed by atoms with E-state index in [1.54, 1.807) is 12.1 Å². The molecule has 1 aliphatic heterocycles. The van der Waals surface area contributed by atoms with E-state index in [0.29, 0.717) is 17.8 Å². The number of aromatic nitrogens is 2. The molecule has 2 fully saturated rings. The van der Waals surface area contributed by atoms with E-state index in [1.165, 1.54) is 0 Å². The zero-order valence-corrected chi connectivity index (χ0v) is 18.5. The quantitative estimate of drug-likeness (QED) is 0.618. The number of ether oxygens (including phenoxy) is 1. The Bertz CT molecular complexity index is 1130. The Balaban J connectivity index is 1.18. The van der Waals surface area contributed by atoms with Crippen LogP contribution in [0.2, 0.25) is 0 Å². The summed E-state index contributed by atoms with van der Waals surface area (Å²) in [6.07, 6.45) is 6.26. The maximum Gasteiger partial charge on any atom is 0.407 e. The molecule has 0 saturated heterocycles. The van der Waals surface area contributed by atoms with Gasteiger partial charge in [-0.25, -0.2) is 17.6 Å². The number of carbonyl (C=O) groups is 1. The molecule has 2 saturated carbocycles. The van der Waals surface area contributed by atoms with Gasteiger partial charge in [0, 0.05) is 29.3 Å². The predicted molar refractivity (Wildman–Crippen MR) is 117 cm³/mol. The number of alkyl carbamates (subject to hydrolysis) is 1. The number of anilines is 2. The van der Waals surface area contributed by atoms with Crippen molar-refractivity contribution in [3.63, 3.8) is 0 Å². The van der Waals surface area contributed by atoms with Crippen LogP contribution in [-0.2, 0) is 26.1 Å². The van der Waals surface area contributed by atoms with E-state index in [1.807, 2.05) is 6.07 Å². The van der Waals surface area contributed by atoms with Gasteiger partial charge < -0.3 is 15.4 Å². The molecule has 3 N–H and O–H groups in total. The minimum absolute atomic E-state index is 0.115. The summed E-state index contributed by atoms with van der Waals surface area (Å²) in [7, 11) is -3.28. The van der Waals surface area contributed by atoms with E-state index in [9.17, 15) is 17.6 Å². The lowest BCUT2D eigenvalue weighted by Gasteiger charge is -2.16. The van der Waals surface area contributed by atoms with Crippen molar-refractivity contribution < 1.29 is 22.3 Å². The molecule has 8 nitrogen and oxygen atoms in total. The summed E-state index contributed by atoms with van der Waals surface area (Å²) in [5.74, 6) is -0.292. The number of hydrogen-bond donors (Lipinski definition) is 3. The summed E-state index contributed by atoms with van der Waals surface area (Å²) in [6.45, 7) is 0.